The van der Waals surface area contributed by atoms with E-state index in [1.54, 1.807) is 62.4 Å². The molecule has 0 saturated heterocycles. The second kappa shape index (κ2) is 10.8. The average molecular weight is 482 g/mol. The maximum atomic E-state index is 12.9. The van der Waals surface area contributed by atoms with Gasteiger partial charge in [0.2, 0.25) is 5.91 Å². The number of hydrogen-bond donors (Lipinski definition) is 3. The molecule has 3 rings (SSSR count). The first-order valence-corrected chi connectivity index (χ1v) is 12.2. The van der Waals surface area contributed by atoms with Crippen LogP contribution >= 0.6 is 0 Å². The molecule has 0 atom stereocenters. The van der Waals surface area contributed by atoms with Crippen LogP contribution in [0.2, 0.25) is 0 Å². The predicted octanol–water partition coefficient (Wildman–Crippen LogP) is 3.87. The van der Waals surface area contributed by atoms with Gasteiger partial charge in [0.25, 0.3) is 15.9 Å². The summed E-state index contributed by atoms with van der Waals surface area (Å²) in [5.41, 5.74) is 2.55. The summed E-state index contributed by atoms with van der Waals surface area (Å²) >= 11 is 0. The van der Waals surface area contributed by atoms with Crippen molar-refractivity contribution in [2.45, 2.75) is 25.7 Å². The average Bonchev–Trinajstić information content (AvgIpc) is 2.80. The van der Waals surface area contributed by atoms with E-state index in [0.29, 0.717) is 29.3 Å². The Morgan fingerprint density at radius 1 is 0.912 bits per heavy atom. The van der Waals surface area contributed by atoms with E-state index < -0.39 is 21.8 Å². The topological polar surface area (TPSA) is 114 Å². The van der Waals surface area contributed by atoms with E-state index in [1.807, 2.05) is 13.0 Å². The summed E-state index contributed by atoms with van der Waals surface area (Å²) in [5.74, 6) is -0.275. The molecule has 0 aliphatic carbocycles. The fraction of sp³-hybridized carbons (Fsp3) is 0.200. The minimum atomic E-state index is -3.91. The van der Waals surface area contributed by atoms with Crippen LogP contribution in [0.4, 0.5) is 11.4 Å². The highest BCUT2D eigenvalue weighted by Gasteiger charge is 2.19. The van der Waals surface area contributed by atoms with E-state index in [1.165, 1.54) is 12.1 Å². The predicted molar refractivity (Wildman–Crippen MR) is 132 cm³/mol. The maximum Gasteiger partial charge on any atom is 0.261 e. The summed E-state index contributed by atoms with van der Waals surface area (Å²) in [4.78, 5) is 24.9. The van der Waals surface area contributed by atoms with E-state index >= 15 is 0 Å². The Hall–Kier alpha value is -3.85. The van der Waals surface area contributed by atoms with E-state index in [2.05, 4.69) is 15.4 Å². The molecule has 0 aliphatic heterocycles. The van der Waals surface area contributed by atoms with Crippen molar-refractivity contribution in [1.82, 2.24) is 5.32 Å². The minimum Gasteiger partial charge on any atom is -0.494 e. The fourth-order valence-electron chi connectivity index (χ4n) is 3.17. The van der Waals surface area contributed by atoms with Gasteiger partial charge in [-0.3, -0.25) is 14.3 Å². The van der Waals surface area contributed by atoms with Crippen LogP contribution in [0.25, 0.3) is 0 Å². The van der Waals surface area contributed by atoms with E-state index in [4.69, 9.17) is 4.74 Å². The van der Waals surface area contributed by atoms with Gasteiger partial charge in [0.1, 0.15) is 5.75 Å². The van der Waals surface area contributed by atoms with Gasteiger partial charge in [-0.05, 0) is 74.4 Å². The van der Waals surface area contributed by atoms with Crippen LogP contribution in [-0.2, 0) is 14.8 Å². The number of anilines is 2. The number of ether oxygens (including phenoxy) is 1. The lowest BCUT2D eigenvalue weighted by atomic mass is 10.1. The molecule has 0 fully saturated rings. The SMILES string of the molecule is CCOc1ccc(NC(=O)CNC(=O)c2cc(S(=O)(=O)Nc3ccccc3C)ccc2C)cc1. The molecule has 0 aliphatic rings. The minimum absolute atomic E-state index is 0.0506. The zero-order valence-electron chi connectivity index (χ0n) is 19.2. The van der Waals surface area contributed by atoms with Crippen molar-refractivity contribution < 1.29 is 22.7 Å². The number of benzene rings is 3. The van der Waals surface area contributed by atoms with E-state index in [9.17, 15) is 18.0 Å². The summed E-state index contributed by atoms with van der Waals surface area (Å²) in [6.07, 6.45) is 0. The number of carbonyl (C=O) groups is 2. The van der Waals surface area contributed by atoms with Crippen LogP contribution in [0, 0.1) is 13.8 Å². The standard InChI is InChI=1S/C25H27N3O5S/c1-4-33-20-12-10-19(11-13-20)27-24(29)16-26-25(30)22-15-21(14-9-17(22)2)34(31,32)28-23-8-6-5-7-18(23)3/h5-15,28H,4,16H2,1-3H3,(H,26,30)(H,27,29). The van der Waals surface area contributed by atoms with Crippen molar-refractivity contribution in [1.29, 1.82) is 0 Å². The second-order valence-corrected chi connectivity index (χ2v) is 9.27. The van der Waals surface area contributed by atoms with Gasteiger partial charge in [0.15, 0.2) is 0 Å². The number of carbonyl (C=O) groups excluding carboxylic acids is 2. The van der Waals surface area contributed by atoms with Crippen molar-refractivity contribution in [2.24, 2.45) is 0 Å². The highest BCUT2D eigenvalue weighted by molar-refractivity contribution is 7.92. The smallest absolute Gasteiger partial charge is 0.261 e. The Balaban J connectivity index is 1.66. The molecule has 3 aromatic rings. The van der Waals surface area contributed by atoms with Crippen LogP contribution < -0.4 is 20.1 Å². The van der Waals surface area contributed by atoms with Crippen molar-refractivity contribution in [3.05, 3.63) is 83.4 Å². The van der Waals surface area contributed by atoms with Gasteiger partial charge in [-0.25, -0.2) is 8.42 Å². The zero-order valence-corrected chi connectivity index (χ0v) is 20.0. The Morgan fingerprint density at radius 3 is 2.29 bits per heavy atom. The molecule has 0 aromatic heterocycles. The van der Waals surface area contributed by atoms with Crippen molar-refractivity contribution >= 4 is 33.2 Å². The van der Waals surface area contributed by atoms with Crippen molar-refractivity contribution in [3.8, 4) is 5.75 Å². The van der Waals surface area contributed by atoms with Gasteiger partial charge in [-0.15, -0.1) is 0 Å². The maximum absolute atomic E-state index is 12.9. The summed E-state index contributed by atoms with van der Waals surface area (Å²) in [6.45, 7) is 5.64. The van der Waals surface area contributed by atoms with Gasteiger partial charge in [0, 0.05) is 11.3 Å². The van der Waals surface area contributed by atoms with Crippen molar-refractivity contribution in [2.75, 3.05) is 23.2 Å². The Labute approximate surface area is 199 Å². The van der Waals surface area contributed by atoms with E-state index in [0.717, 1.165) is 5.56 Å². The largest absolute Gasteiger partial charge is 0.494 e. The Bertz CT molecular complexity index is 1290. The van der Waals surface area contributed by atoms with E-state index in [-0.39, 0.29) is 17.0 Å². The molecule has 0 saturated carbocycles. The first kappa shape index (κ1) is 24.8. The zero-order chi connectivity index (χ0) is 24.7. The molecular formula is C25H27N3O5S. The number of amides is 2. The summed E-state index contributed by atoms with van der Waals surface area (Å²) in [6, 6.07) is 18.2. The van der Waals surface area contributed by atoms with Crippen LogP contribution in [-0.4, -0.2) is 33.4 Å². The molecule has 0 spiro atoms. The van der Waals surface area contributed by atoms with Crippen LogP contribution in [0.15, 0.2) is 71.6 Å². The number of aryl methyl sites for hydroxylation is 2. The third kappa shape index (κ3) is 6.35. The lowest BCUT2D eigenvalue weighted by Crippen LogP contribution is -2.33. The molecule has 9 heteroatoms. The van der Waals surface area contributed by atoms with Crippen LogP contribution in [0.3, 0.4) is 0 Å². The van der Waals surface area contributed by atoms with Crippen LogP contribution in [0.1, 0.15) is 28.4 Å². The number of rotatable bonds is 9. The van der Waals surface area contributed by atoms with Crippen molar-refractivity contribution in [3.63, 3.8) is 0 Å². The normalized spacial score (nSPS) is 10.9. The first-order valence-electron chi connectivity index (χ1n) is 10.7. The van der Waals surface area contributed by atoms with Crippen LogP contribution in [0.5, 0.6) is 5.75 Å². The highest BCUT2D eigenvalue weighted by atomic mass is 32.2. The molecule has 34 heavy (non-hydrogen) atoms. The highest BCUT2D eigenvalue weighted by Crippen LogP contribution is 2.21. The molecule has 3 aromatic carbocycles. The molecule has 8 nitrogen and oxygen atoms in total. The molecule has 0 radical (unpaired) electrons. The molecule has 2 amide bonds. The molecule has 0 bridgehead atoms. The monoisotopic (exact) mass is 481 g/mol. The Morgan fingerprint density at radius 2 is 1.62 bits per heavy atom. The molecule has 178 valence electrons. The number of nitrogens with one attached hydrogen (secondary N) is 3. The first-order chi connectivity index (χ1) is 16.2. The third-order valence-corrected chi connectivity index (χ3v) is 6.38. The number of sulfonamides is 1. The third-order valence-electron chi connectivity index (χ3n) is 5.01. The Kier molecular flexibility index (Phi) is 7.91. The molecule has 0 unspecified atom stereocenters. The fourth-order valence-corrected chi connectivity index (χ4v) is 4.32. The van der Waals surface area contributed by atoms with Gasteiger partial charge < -0.3 is 15.4 Å². The van der Waals surface area contributed by atoms with Gasteiger partial charge >= 0.3 is 0 Å². The number of hydrogen-bond acceptors (Lipinski definition) is 5. The summed E-state index contributed by atoms with van der Waals surface area (Å²) in [5, 5.41) is 5.22. The molecular weight excluding hydrogens is 454 g/mol. The lowest BCUT2D eigenvalue weighted by Gasteiger charge is -2.13. The van der Waals surface area contributed by atoms with Gasteiger partial charge in [-0.2, -0.15) is 0 Å². The summed E-state index contributed by atoms with van der Waals surface area (Å²) in [7, 11) is -3.91. The second-order valence-electron chi connectivity index (χ2n) is 7.59. The quantitative estimate of drug-likeness (QED) is 0.429. The summed E-state index contributed by atoms with van der Waals surface area (Å²) < 4.78 is 33.6. The molecule has 3 N–H and O–H groups in total. The van der Waals surface area contributed by atoms with Gasteiger partial charge in [0.05, 0.1) is 23.7 Å². The number of para-hydroxylation sites is 1. The lowest BCUT2D eigenvalue weighted by molar-refractivity contribution is -0.115. The molecule has 0 heterocycles. The van der Waals surface area contributed by atoms with Gasteiger partial charge in [-0.1, -0.05) is 24.3 Å².